The standard InChI is InChI=1S/C53H104N7O29P3/c54-60(13-17-79-21-25-83-29-31-85-33-35-87-37-39-89-44-53(68)69)50(63)4-42-92(74,75)47-59-11-9-57(45-90(70,71)40-2-48(61)55-5-15-77-19-23-81-27-26-80-22-18-76-14-1-51(64)65)7-8-58(10-12-59)46-91(72,73)41-3-49(62)56-6-16-78-20-24-82-28-30-84-32-34-86-36-38-88-43-52(66)67/h1-47,54H2,(H,55,61)(H,56,62)(H,64,65)(H,66,67)(H,68,69)(H,70,71)(H,72,73)(H,74,75). The Morgan fingerprint density at radius 1 is 0.348 bits per heavy atom. The van der Waals surface area contributed by atoms with Gasteiger partial charge in [0.1, 0.15) is 13.2 Å². The Hall–Kier alpha value is -3.33. The second-order valence-corrected chi connectivity index (χ2v) is 27.7. The van der Waals surface area contributed by atoms with Crippen molar-refractivity contribution in [1.29, 1.82) is 0 Å². The fraction of sp³-hybridized carbons (Fsp3) is 0.887. The molecule has 10 N–H and O–H groups in total. The van der Waals surface area contributed by atoms with Crippen LogP contribution in [0.25, 0.3) is 0 Å². The number of nitrogens with zero attached hydrogens (tertiary/aromatic N) is 4. The lowest BCUT2D eigenvalue weighted by Crippen LogP contribution is -2.40. The van der Waals surface area contributed by atoms with Crippen molar-refractivity contribution in [3.8, 4) is 0 Å². The average Bonchev–Trinajstić information content (AvgIpc) is 2.56. The summed E-state index contributed by atoms with van der Waals surface area (Å²) in [5.74, 6) is 1.35. The van der Waals surface area contributed by atoms with Gasteiger partial charge in [-0.15, -0.1) is 0 Å². The molecule has 92 heavy (non-hydrogen) atoms. The number of aliphatic carboxylic acids is 3. The topological polar surface area (TPSA) is 467 Å². The molecule has 1 aliphatic heterocycles. The second kappa shape index (κ2) is 56.8. The number of rotatable bonds is 64. The van der Waals surface area contributed by atoms with Crippen LogP contribution in [0.2, 0.25) is 0 Å². The number of carbonyl (C=O) groups excluding carboxylic acids is 3. The zero-order valence-corrected chi connectivity index (χ0v) is 55.7. The lowest BCUT2D eigenvalue weighted by atomic mass is 10.4. The predicted octanol–water partition coefficient (Wildman–Crippen LogP) is -2.43. The van der Waals surface area contributed by atoms with Crippen molar-refractivity contribution < 1.29 is 139 Å². The average molecular weight is 1400 g/mol. The van der Waals surface area contributed by atoms with E-state index < -0.39 is 70.5 Å². The van der Waals surface area contributed by atoms with Crippen LogP contribution >= 0.6 is 22.1 Å². The fourth-order valence-electron chi connectivity index (χ4n) is 7.71. The molecule has 0 bridgehead atoms. The lowest BCUT2D eigenvalue weighted by molar-refractivity contribution is -0.143. The summed E-state index contributed by atoms with van der Waals surface area (Å²) in [5, 5.41) is 31.9. The van der Waals surface area contributed by atoms with E-state index in [9.17, 15) is 57.1 Å². The predicted molar refractivity (Wildman–Crippen MR) is 328 cm³/mol. The maximum atomic E-state index is 13.7. The Kier molecular flexibility index (Phi) is 53.5. The molecular formula is C53H104N7O29P3. The van der Waals surface area contributed by atoms with E-state index in [0.717, 1.165) is 5.01 Å². The van der Waals surface area contributed by atoms with Crippen LogP contribution < -0.4 is 16.5 Å². The summed E-state index contributed by atoms with van der Waals surface area (Å²) in [5.41, 5.74) is 0. The molecule has 0 aromatic rings. The highest BCUT2D eigenvalue weighted by Crippen LogP contribution is 2.44. The summed E-state index contributed by atoms with van der Waals surface area (Å²) in [6.45, 7) is 6.64. The van der Waals surface area contributed by atoms with Gasteiger partial charge < -0.3 is 107 Å². The minimum absolute atomic E-state index is 0.0106. The quantitative estimate of drug-likeness (QED) is 0.0101. The van der Waals surface area contributed by atoms with Crippen LogP contribution in [-0.2, 0) is 109 Å². The van der Waals surface area contributed by atoms with Gasteiger partial charge in [0.25, 0.3) is 0 Å². The van der Waals surface area contributed by atoms with Crippen LogP contribution in [0, 0.1) is 0 Å². The minimum atomic E-state index is -4.06. The number of hydrogen-bond acceptors (Lipinski definition) is 27. The molecule has 1 rings (SSSR count). The molecule has 3 unspecified atom stereocenters. The third-order valence-corrected chi connectivity index (χ3v) is 17.7. The van der Waals surface area contributed by atoms with Gasteiger partial charge >= 0.3 is 17.9 Å². The van der Waals surface area contributed by atoms with Crippen LogP contribution in [0.5, 0.6) is 0 Å². The van der Waals surface area contributed by atoms with Gasteiger partial charge in [0.15, 0.2) is 0 Å². The first-order valence-corrected chi connectivity index (χ1v) is 36.6. The van der Waals surface area contributed by atoms with E-state index in [-0.39, 0.29) is 228 Å². The van der Waals surface area contributed by atoms with Crippen molar-refractivity contribution in [2.24, 2.45) is 5.84 Å². The number of nitrogens with one attached hydrogen (secondary N) is 2. The number of carbonyl (C=O) groups is 6. The van der Waals surface area contributed by atoms with Crippen LogP contribution in [0.1, 0.15) is 25.7 Å². The van der Waals surface area contributed by atoms with E-state index in [0.29, 0.717) is 66.1 Å². The van der Waals surface area contributed by atoms with E-state index in [1.165, 1.54) is 0 Å². The highest BCUT2D eigenvalue weighted by molar-refractivity contribution is 7.58. The van der Waals surface area contributed by atoms with E-state index in [1.807, 2.05) is 0 Å². The molecule has 0 aromatic carbocycles. The second-order valence-electron chi connectivity index (χ2n) is 20.4. The first-order chi connectivity index (χ1) is 44.1. The first-order valence-electron chi connectivity index (χ1n) is 30.5. The largest absolute Gasteiger partial charge is 0.481 e. The Bertz CT molecular complexity index is 2100. The van der Waals surface area contributed by atoms with Gasteiger partial charge in [0, 0.05) is 90.1 Å². The summed E-state index contributed by atoms with van der Waals surface area (Å²) in [6, 6.07) is 0. The van der Waals surface area contributed by atoms with Crippen LogP contribution in [-0.4, -0.2) is 367 Å². The van der Waals surface area contributed by atoms with E-state index in [1.54, 1.807) is 14.7 Å². The minimum Gasteiger partial charge on any atom is -0.481 e. The first kappa shape index (κ1) is 86.7. The molecule has 3 amide bonds. The number of ether oxygens (including phenoxy) is 14. The number of hydrogen-bond donors (Lipinski definition) is 9. The molecular weight excluding hydrogens is 1290 g/mol. The lowest BCUT2D eigenvalue weighted by Gasteiger charge is -2.28. The van der Waals surface area contributed by atoms with Gasteiger partial charge in [-0.3, -0.25) is 52.6 Å². The molecule has 540 valence electrons. The van der Waals surface area contributed by atoms with Gasteiger partial charge in [-0.05, 0) is 0 Å². The summed E-state index contributed by atoms with van der Waals surface area (Å²) in [7, 11) is -12.1. The van der Waals surface area contributed by atoms with Crippen LogP contribution in [0.3, 0.4) is 0 Å². The summed E-state index contributed by atoms with van der Waals surface area (Å²) in [6.07, 6.45) is -3.21. The zero-order chi connectivity index (χ0) is 67.8. The van der Waals surface area contributed by atoms with Crippen molar-refractivity contribution >= 4 is 57.7 Å². The highest BCUT2D eigenvalue weighted by atomic mass is 31.2. The SMILES string of the molecule is NN(CCOCCOCCOCCOCCOCC(=O)O)C(=O)CCP(=O)(O)CN1CCN(CP(=O)(O)CCC(=O)NCCOCCOCCOCCOCCOCC(=O)O)CCN(CP(=O)(O)CCC(=O)NCCOCCOCCOCCOCCC(=O)O)CC1. The fourth-order valence-corrected chi connectivity index (χ4v) is 12.5. The molecule has 3 atom stereocenters. The molecule has 0 aliphatic carbocycles. The van der Waals surface area contributed by atoms with Gasteiger partial charge in [-0.25, -0.2) is 15.4 Å². The van der Waals surface area contributed by atoms with Crippen molar-refractivity contribution in [2.45, 2.75) is 25.7 Å². The van der Waals surface area contributed by atoms with E-state index in [4.69, 9.17) is 87.5 Å². The maximum Gasteiger partial charge on any atom is 0.329 e. The molecule has 0 spiro atoms. The van der Waals surface area contributed by atoms with Crippen molar-refractivity contribution in [2.75, 3.05) is 281 Å². The van der Waals surface area contributed by atoms with Crippen LogP contribution in [0.15, 0.2) is 0 Å². The Balaban J connectivity index is 2.66. The Labute approximate surface area is 538 Å². The smallest absolute Gasteiger partial charge is 0.329 e. The highest BCUT2D eigenvalue weighted by Gasteiger charge is 2.31. The summed E-state index contributed by atoms with van der Waals surface area (Å²) >= 11 is 0. The molecule has 0 radical (unpaired) electrons. The van der Waals surface area contributed by atoms with E-state index >= 15 is 0 Å². The Morgan fingerprint density at radius 2 is 0.598 bits per heavy atom. The van der Waals surface area contributed by atoms with Gasteiger partial charge in [-0.1, -0.05) is 0 Å². The van der Waals surface area contributed by atoms with Gasteiger partial charge in [-0.2, -0.15) is 0 Å². The molecule has 36 nitrogen and oxygen atoms in total. The number of hydrazine groups is 1. The van der Waals surface area contributed by atoms with Crippen molar-refractivity contribution in [1.82, 2.24) is 30.3 Å². The van der Waals surface area contributed by atoms with Crippen molar-refractivity contribution in [3.63, 3.8) is 0 Å². The third-order valence-electron chi connectivity index (χ3n) is 12.4. The monoisotopic (exact) mass is 1400 g/mol. The number of amides is 3. The molecule has 0 saturated carbocycles. The molecule has 1 saturated heterocycles. The van der Waals surface area contributed by atoms with Gasteiger partial charge in [0.05, 0.1) is 204 Å². The summed E-state index contributed by atoms with van der Waals surface area (Å²) in [4.78, 5) is 108. The molecule has 1 aliphatic rings. The molecule has 1 heterocycles. The summed E-state index contributed by atoms with van der Waals surface area (Å²) < 4.78 is 115. The maximum absolute atomic E-state index is 13.7. The normalized spacial score (nSPS) is 15.6. The van der Waals surface area contributed by atoms with E-state index in [2.05, 4.69) is 10.6 Å². The number of carboxylic acids is 3. The third kappa shape index (κ3) is 57.0. The zero-order valence-electron chi connectivity index (χ0n) is 53.0. The molecule has 39 heteroatoms. The van der Waals surface area contributed by atoms with Crippen molar-refractivity contribution in [3.05, 3.63) is 0 Å². The molecule has 1 fully saturated rings. The van der Waals surface area contributed by atoms with Gasteiger partial charge in [0.2, 0.25) is 39.8 Å². The van der Waals surface area contributed by atoms with Crippen LogP contribution in [0.4, 0.5) is 0 Å². The number of nitrogens with two attached hydrogens (primary N) is 1. The Morgan fingerprint density at radius 3 is 0.880 bits per heavy atom. The number of carboxylic acid groups (broad SMARTS) is 3. The molecule has 0 aromatic heterocycles.